The topological polar surface area (TPSA) is 76.3 Å². The first-order chi connectivity index (χ1) is 8.99. The summed E-state index contributed by atoms with van der Waals surface area (Å²) in [5.74, 6) is -0.719. The first-order valence-corrected chi connectivity index (χ1v) is 6.53. The molecule has 100 valence electrons. The first-order valence-electron chi connectivity index (χ1n) is 6.12. The molecule has 0 aliphatic carbocycles. The fourth-order valence-electron chi connectivity index (χ4n) is 2.50. The van der Waals surface area contributed by atoms with E-state index in [9.17, 15) is 9.59 Å². The van der Waals surface area contributed by atoms with Crippen LogP contribution in [0, 0.1) is 0 Å². The lowest BCUT2D eigenvalue weighted by Gasteiger charge is -2.38. The second-order valence-corrected chi connectivity index (χ2v) is 4.91. The van der Waals surface area contributed by atoms with Crippen LogP contribution in [0.3, 0.4) is 0 Å². The van der Waals surface area contributed by atoms with Crippen LogP contribution >= 0.6 is 12.2 Å². The van der Waals surface area contributed by atoms with E-state index in [1.165, 1.54) is 17.3 Å². The molecular weight excluding hydrogens is 262 g/mol. The number of imide groups is 1. The van der Waals surface area contributed by atoms with Gasteiger partial charge in [-0.1, -0.05) is 26.1 Å². The number of aromatic nitrogens is 1. The van der Waals surface area contributed by atoms with Gasteiger partial charge in [0.2, 0.25) is 0 Å². The summed E-state index contributed by atoms with van der Waals surface area (Å²) >= 11 is 5.10. The molecule has 2 heterocycles. The van der Waals surface area contributed by atoms with Gasteiger partial charge in [0, 0.05) is 12.4 Å². The second-order valence-electron chi connectivity index (χ2n) is 4.47. The molecule has 0 bridgehead atoms. The van der Waals surface area contributed by atoms with Gasteiger partial charge in [-0.05, 0) is 18.9 Å². The van der Waals surface area contributed by atoms with Crippen molar-refractivity contribution in [2.75, 3.05) is 0 Å². The minimum Gasteiger partial charge on any atom is -0.391 e. The number of amides is 2. The van der Waals surface area contributed by atoms with Crippen molar-refractivity contribution in [1.82, 2.24) is 9.88 Å². The van der Waals surface area contributed by atoms with Crippen molar-refractivity contribution in [2.45, 2.75) is 32.2 Å². The minimum atomic E-state index is -0.900. The van der Waals surface area contributed by atoms with Crippen molar-refractivity contribution in [1.29, 1.82) is 0 Å². The molecule has 2 rings (SSSR count). The van der Waals surface area contributed by atoms with Crippen LogP contribution in [-0.2, 0) is 0 Å². The van der Waals surface area contributed by atoms with E-state index >= 15 is 0 Å². The average Bonchev–Trinajstić information content (AvgIpc) is 2.66. The molecule has 0 saturated heterocycles. The Bertz CT molecular complexity index is 532. The van der Waals surface area contributed by atoms with Gasteiger partial charge < -0.3 is 5.73 Å². The number of thiocarbonyl (C=S) groups is 1. The van der Waals surface area contributed by atoms with E-state index in [1.807, 2.05) is 13.8 Å². The van der Waals surface area contributed by atoms with Crippen molar-refractivity contribution in [3.63, 3.8) is 0 Å². The molecule has 0 saturated carbocycles. The van der Waals surface area contributed by atoms with Crippen molar-refractivity contribution in [3.8, 4) is 0 Å². The summed E-state index contributed by atoms with van der Waals surface area (Å²) in [6.45, 7) is 3.73. The van der Waals surface area contributed by atoms with Gasteiger partial charge in [0.1, 0.15) is 5.54 Å². The van der Waals surface area contributed by atoms with Crippen LogP contribution in [0.4, 0.5) is 0 Å². The van der Waals surface area contributed by atoms with Crippen molar-refractivity contribution < 1.29 is 9.59 Å². The fraction of sp³-hybridized carbons (Fsp3) is 0.385. The Hall–Kier alpha value is -1.82. The number of carbonyl (C=O) groups is 2. The van der Waals surface area contributed by atoms with E-state index in [0.29, 0.717) is 24.0 Å². The van der Waals surface area contributed by atoms with Crippen molar-refractivity contribution >= 4 is 29.0 Å². The van der Waals surface area contributed by atoms with Crippen LogP contribution < -0.4 is 5.73 Å². The summed E-state index contributed by atoms with van der Waals surface area (Å²) < 4.78 is 0. The predicted molar refractivity (Wildman–Crippen MR) is 74.8 cm³/mol. The van der Waals surface area contributed by atoms with Crippen LogP contribution in [0.25, 0.3) is 0 Å². The highest BCUT2D eigenvalue weighted by Crippen LogP contribution is 2.33. The lowest BCUT2D eigenvalue weighted by molar-refractivity contribution is 0.0512. The van der Waals surface area contributed by atoms with Crippen LogP contribution in [0.15, 0.2) is 18.5 Å². The molecule has 5 nitrogen and oxygen atoms in total. The Labute approximate surface area is 116 Å². The normalized spacial score (nSPS) is 14.7. The third-order valence-electron chi connectivity index (χ3n) is 3.74. The molecule has 2 amide bonds. The molecule has 19 heavy (non-hydrogen) atoms. The molecule has 1 aliphatic heterocycles. The molecular formula is C13H15N3O2S. The highest BCUT2D eigenvalue weighted by atomic mass is 32.1. The summed E-state index contributed by atoms with van der Waals surface area (Å²) in [7, 11) is 0. The maximum Gasteiger partial charge on any atom is 0.264 e. The second kappa shape index (κ2) is 4.70. The van der Waals surface area contributed by atoms with Gasteiger partial charge in [0.25, 0.3) is 11.8 Å². The summed E-state index contributed by atoms with van der Waals surface area (Å²) in [4.78, 5) is 30.1. The van der Waals surface area contributed by atoms with Gasteiger partial charge in [0.05, 0.1) is 16.1 Å². The maximum atomic E-state index is 12.4. The number of nitrogens with zero attached hydrogens (tertiary/aromatic N) is 2. The zero-order valence-electron chi connectivity index (χ0n) is 10.8. The van der Waals surface area contributed by atoms with E-state index in [1.54, 1.807) is 6.07 Å². The number of fused-ring (bicyclic) bond motifs is 1. The van der Waals surface area contributed by atoms with E-state index in [0.717, 1.165) is 0 Å². The van der Waals surface area contributed by atoms with E-state index < -0.39 is 5.54 Å². The summed E-state index contributed by atoms with van der Waals surface area (Å²) in [6.07, 6.45) is 3.90. The van der Waals surface area contributed by atoms with Gasteiger partial charge in [-0.3, -0.25) is 19.5 Å². The number of nitrogens with two attached hydrogens (primary N) is 1. The molecule has 0 radical (unpaired) electrons. The Morgan fingerprint density at radius 2 is 1.89 bits per heavy atom. The number of carbonyl (C=O) groups excluding carboxylic acids is 2. The average molecular weight is 277 g/mol. The lowest BCUT2D eigenvalue weighted by Crippen LogP contribution is -2.58. The van der Waals surface area contributed by atoms with Crippen molar-refractivity contribution in [2.24, 2.45) is 5.73 Å². The Kier molecular flexibility index (Phi) is 3.36. The van der Waals surface area contributed by atoms with Gasteiger partial charge in [0.15, 0.2) is 0 Å². The monoisotopic (exact) mass is 277 g/mol. The van der Waals surface area contributed by atoms with E-state index in [2.05, 4.69) is 4.98 Å². The SMILES string of the molecule is CCC(CC)(C(N)=S)N1C(=O)c2ccncc2C1=O. The quantitative estimate of drug-likeness (QED) is 0.667. The summed E-state index contributed by atoms with van der Waals surface area (Å²) in [6, 6.07) is 1.55. The van der Waals surface area contributed by atoms with Crippen LogP contribution in [-0.4, -0.2) is 32.2 Å². The van der Waals surface area contributed by atoms with E-state index in [4.69, 9.17) is 18.0 Å². The molecule has 0 unspecified atom stereocenters. The van der Waals surface area contributed by atoms with Crippen molar-refractivity contribution in [3.05, 3.63) is 29.6 Å². The Morgan fingerprint density at radius 3 is 2.37 bits per heavy atom. The molecule has 2 N–H and O–H groups in total. The molecule has 0 spiro atoms. The standard InChI is InChI=1S/C13H15N3O2S/c1-3-13(4-2,12(14)19)16-10(17)8-5-6-15-7-9(8)11(16)18/h5-7H,3-4H2,1-2H3,(H2,14,19). The zero-order valence-corrected chi connectivity index (χ0v) is 11.7. The summed E-state index contributed by atoms with van der Waals surface area (Å²) in [5, 5.41) is 0. The number of hydrogen-bond acceptors (Lipinski definition) is 4. The third kappa shape index (κ3) is 1.74. The molecule has 0 atom stereocenters. The lowest BCUT2D eigenvalue weighted by atomic mass is 9.90. The molecule has 1 aromatic heterocycles. The number of rotatable bonds is 4. The van der Waals surface area contributed by atoms with E-state index in [-0.39, 0.29) is 16.8 Å². The number of pyridine rings is 1. The van der Waals surface area contributed by atoms with Crippen LogP contribution in [0.2, 0.25) is 0 Å². The first kappa shape index (κ1) is 13.6. The fourth-order valence-corrected chi connectivity index (χ4v) is 2.88. The zero-order chi connectivity index (χ0) is 14.2. The largest absolute Gasteiger partial charge is 0.391 e. The van der Waals surface area contributed by atoms with Gasteiger partial charge >= 0.3 is 0 Å². The highest BCUT2D eigenvalue weighted by Gasteiger charge is 2.49. The van der Waals surface area contributed by atoms with Gasteiger partial charge in [-0.2, -0.15) is 0 Å². The predicted octanol–water partition coefficient (Wildman–Crippen LogP) is 1.52. The number of hydrogen-bond donors (Lipinski definition) is 1. The Morgan fingerprint density at radius 1 is 1.32 bits per heavy atom. The van der Waals surface area contributed by atoms with Crippen LogP contribution in [0.1, 0.15) is 47.4 Å². The van der Waals surface area contributed by atoms with Crippen LogP contribution in [0.5, 0.6) is 0 Å². The summed E-state index contributed by atoms with van der Waals surface area (Å²) in [5.41, 5.74) is 5.58. The molecule has 0 fully saturated rings. The molecule has 1 aliphatic rings. The molecule has 6 heteroatoms. The maximum absolute atomic E-state index is 12.4. The Balaban J connectivity index is 2.57. The minimum absolute atomic E-state index is 0.167. The highest BCUT2D eigenvalue weighted by molar-refractivity contribution is 7.80. The van der Waals surface area contributed by atoms with Gasteiger partial charge in [-0.25, -0.2) is 0 Å². The molecule has 0 aromatic carbocycles. The smallest absolute Gasteiger partial charge is 0.264 e. The van der Waals surface area contributed by atoms with Gasteiger partial charge in [-0.15, -0.1) is 0 Å². The third-order valence-corrected chi connectivity index (χ3v) is 4.12. The molecule has 1 aromatic rings.